The third kappa shape index (κ3) is 3.82. The van der Waals surface area contributed by atoms with Crippen LogP contribution in [0, 0.1) is 5.92 Å². The normalized spacial score (nSPS) is 20.1. The monoisotopic (exact) mass is 438 g/mol. The van der Waals surface area contributed by atoms with Crippen molar-refractivity contribution in [2.45, 2.75) is 48.2 Å². The molecule has 2 aliphatic rings. The number of alkyl halides is 2. The number of piperidine rings is 1. The van der Waals surface area contributed by atoms with Crippen molar-refractivity contribution in [1.29, 1.82) is 0 Å². The molecule has 2 amide bonds. The van der Waals surface area contributed by atoms with Gasteiger partial charge in [0.1, 0.15) is 5.69 Å². The molecular weight excluding hydrogens is 414 g/mol. The summed E-state index contributed by atoms with van der Waals surface area (Å²) in [4.78, 5) is 14.4. The Morgan fingerprint density at radius 1 is 1.30 bits per heavy atom. The van der Waals surface area contributed by atoms with Crippen molar-refractivity contribution in [2.75, 3.05) is 18.4 Å². The van der Waals surface area contributed by atoms with Gasteiger partial charge in [-0.2, -0.15) is 15.3 Å². The molecule has 2 aromatic heterocycles. The highest BCUT2D eigenvalue weighted by atomic mass is 32.2. The van der Waals surface area contributed by atoms with Crippen LogP contribution in [-0.4, -0.2) is 53.0 Å². The van der Waals surface area contributed by atoms with E-state index >= 15 is 0 Å². The van der Waals surface area contributed by atoms with Crippen LogP contribution in [-0.2, 0) is 17.8 Å². The Hall–Kier alpha value is -2.43. The minimum atomic E-state index is -2.75. The lowest BCUT2D eigenvalue weighted by atomic mass is 9.71. The number of aryl methyl sites for hydroxylation is 1. The van der Waals surface area contributed by atoms with Crippen molar-refractivity contribution < 1.29 is 17.8 Å². The van der Waals surface area contributed by atoms with Gasteiger partial charge in [0.15, 0.2) is 0 Å². The number of urea groups is 1. The van der Waals surface area contributed by atoms with Gasteiger partial charge in [-0.25, -0.2) is 13.6 Å². The second kappa shape index (κ2) is 8.37. The Labute approximate surface area is 175 Å². The number of amides is 2. The molecule has 4 rings (SSSR count). The molecule has 0 spiro atoms. The van der Waals surface area contributed by atoms with Crippen LogP contribution in [0.3, 0.4) is 0 Å². The van der Waals surface area contributed by atoms with E-state index < -0.39 is 22.0 Å². The third-order valence-electron chi connectivity index (χ3n) is 6.16. The van der Waals surface area contributed by atoms with Gasteiger partial charge >= 0.3 is 6.03 Å². The Kier molecular flexibility index (Phi) is 5.81. The van der Waals surface area contributed by atoms with Crippen LogP contribution in [0.25, 0.3) is 0 Å². The van der Waals surface area contributed by atoms with Crippen molar-refractivity contribution in [2.24, 2.45) is 13.0 Å². The Balaban J connectivity index is 1.44. The zero-order valence-corrected chi connectivity index (χ0v) is 17.4. The summed E-state index contributed by atoms with van der Waals surface area (Å²) < 4.78 is 41.1. The molecule has 1 N–H and O–H groups in total. The molecule has 1 aliphatic heterocycles. The summed E-state index contributed by atoms with van der Waals surface area (Å²) in [6, 6.07) is 1.45. The van der Waals surface area contributed by atoms with Gasteiger partial charge in [-0.1, -0.05) is 6.42 Å². The molecule has 1 unspecified atom stereocenters. The molecule has 30 heavy (non-hydrogen) atoms. The number of rotatable bonds is 5. The Morgan fingerprint density at radius 2 is 2.03 bits per heavy atom. The first-order chi connectivity index (χ1) is 14.4. The van der Waals surface area contributed by atoms with Crippen LogP contribution in [0.4, 0.5) is 19.3 Å². The van der Waals surface area contributed by atoms with Crippen molar-refractivity contribution in [1.82, 2.24) is 24.9 Å². The lowest BCUT2D eigenvalue weighted by molar-refractivity contribution is 0.136. The fraction of sp³-hybridized carbons (Fsp3) is 0.579. The number of nitrogens with zero attached hydrogens (tertiary/aromatic N) is 5. The molecule has 2 fully saturated rings. The summed E-state index contributed by atoms with van der Waals surface area (Å²) in [6.07, 6.45) is 5.50. The van der Waals surface area contributed by atoms with E-state index in [1.807, 2.05) is 0 Å². The van der Waals surface area contributed by atoms with Crippen LogP contribution >= 0.6 is 0 Å². The zero-order chi connectivity index (χ0) is 21.3. The van der Waals surface area contributed by atoms with Gasteiger partial charge in [0.2, 0.25) is 0 Å². The smallest absolute Gasteiger partial charge is 0.321 e. The van der Waals surface area contributed by atoms with Gasteiger partial charge in [-0.3, -0.25) is 8.89 Å². The molecule has 11 heteroatoms. The van der Waals surface area contributed by atoms with Crippen molar-refractivity contribution in [3.8, 4) is 0 Å². The maximum absolute atomic E-state index is 13.5. The summed E-state index contributed by atoms with van der Waals surface area (Å²) in [7, 11) is 0.00504. The second-order valence-corrected chi connectivity index (χ2v) is 9.65. The van der Waals surface area contributed by atoms with E-state index in [9.17, 15) is 17.8 Å². The average molecular weight is 439 g/mol. The first-order valence-electron chi connectivity index (χ1n) is 9.97. The predicted molar refractivity (Wildman–Crippen MR) is 107 cm³/mol. The number of hydrogen-bond donors (Lipinski definition) is 1. The first kappa shape index (κ1) is 20.8. The van der Waals surface area contributed by atoms with E-state index in [0.717, 1.165) is 19.3 Å². The highest BCUT2D eigenvalue weighted by Gasteiger charge is 2.51. The zero-order valence-electron chi connectivity index (χ0n) is 16.6. The summed E-state index contributed by atoms with van der Waals surface area (Å²) in [5, 5.41) is 14.0. The molecular formula is C19H24F2N6O2S. The van der Waals surface area contributed by atoms with E-state index in [1.165, 1.54) is 23.3 Å². The van der Waals surface area contributed by atoms with Gasteiger partial charge in [-0.05, 0) is 37.7 Å². The van der Waals surface area contributed by atoms with Crippen molar-refractivity contribution in [3.05, 3.63) is 30.4 Å². The fourth-order valence-electron chi connectivity index (χ4n) is 4.44. The van der Waals surface area contributed by atoms with Crippen LogP contribution in [0.15, 0.2) is 29.6 Å². The highest BCUT2D eigenvalue weighted by molar-refractivity contribution is 7.86. The fourth-order valence-corrected chi connectivity index (χ4v) is 6.65. The van der Waals surface area contributed by atoms with E-state index in [-0.39, 0.29) is 22.5 Å². The van der Waals surface area contributed by atoms with Crippen molar-refractivity contribution in [3.63, 3.8) is 0 Å². The SMILES string of the molecule is Cn1cc(S(=O)C2(C3CCN(C(=O)Nc4ccnnc4)CC3)CCC2)c(C(F)F)n1. The van der Waals surface area contributed by atoms with E-state index in [1.54, 1.807) is 18.0 Å². The number of nitrogens with one attached hydrogen (secondary N) is 1. The van der Waals surface area contributed by atoms with Gasteiger partial charge in [0.25, 0.3) is 6.43 Å². The van der Waals surface area contributed by atoms with Gasteiger partial charge in [0, 0.05) is 26.3 Å². The lowest BCUT2D eigenvalue weighted by Gasteiger charge is -2.49. The van der Waals surface area contributed by atoms with E-state index in [0.29, 0.717) is 31.6 Å². The summed E-state index contributed by atoms with van der Waals surface area (Å²) >= 11 is 0. The van der Waals surface area contributed by atoms with Crippen LogP contribution in [0.5, 0.6) is 0 Å². The highest BCUT2D eigenvalue weighted by Crippen LogP contribution is 2.50. The summed E-state index contributed by atoms with van der Waals surface area (Å²) in [5.74, 6) is 0.115. The van der Waals surface area contributed by atoms with Gasteiger partial charge < -0.3 is 10.2 Å². The Bertz CT molecular complexity index is 926. The lowest BCUT2D eigenvalue weighted by Crippen LogP contribution is -2.53. The minimum absolute atomic E-state index is 0.115. The first-order valence-corrected chi connectivity index (χ1v) is 11.1. The van der Waals surface area contributed by atoms with Crippen LogP contribution in [0.2, 0.25) is 0 Å². The molecule has 0 aromatic carbocycles. The molecule has 3 heterocycles. The molecule has 1 saturated heterocycles. The standard InChI is InChI=1S/C19H24F2N6O2S/c1-26-12-15(16(25-26)17(20)21)30(29)19(6-2-7-19)13-4-9-27(10-5-13)18(28)24-14-3-8-22-23-11-14/h3,8,11-13,17H,2,4-7,9-10H2,1H3,(H,22,24,28). The number of likely N-dealkylation sites (tertiary alicyclic amines) is 1. The van der Waals surface area contributed by atoms with Gasteiger partial charge in [-0.15, -0.1) is 0 Å². The predicted octanol–water partition coefficient (Wildman–Crippen LogP) is 3.12. The summed E-state index contributed by atoms with van der Waals surface area (Å²) in [6.45, 7) is 1.06. The quantitative estimate of drug-likeness (QED) is 0.774. The molecule has 0 bridgehead atoms. The number of aromatic nitrogens is 4. The van der Waals surface area contributed by atoms with E-state index in [4.69, 9.17) is 0 Å². The molecule has 1 atom stereocenters. The molecule has 1 saturated carbocycles. The number of carbonyl (C=O) groups is 1. The number of anilines is 1. The van der Waals surface area contributed by atoms with Gasteiger partial charge in [0.05, 0.1) is 38.5 Å². The third-order valence-corrected chi connectivity index (χ3v) is 8.35. The number of halogens is 2. The maximum Gasteiger partial charge on any atom is 0.321 e. The molecule has 8 nitrogen and oxygen atoms in total. The topological polar surface area (TPSA) is 93.0 Å². The molecule has 0 radical (unpaired) electrons. The molecule has 162 valence electrons. The minimum Gasteiger partial charge on any atom is -0.325 e. The van der Waals surface area contributed by atoms with E-state index in [2.05, 4.69) is 20.6 Å². The second-order valence-electron chi connectivity index (χ2n) is 7.86. The summed E-state index contributed by atoms with van der Waals surface area (Å²) in [5.41, 5.74) is 0.190. The molecule has 2 aromatic rings. The maximum atomic E-state index is 13.5. The number of hydrogen-bond acceptors (Lipinski definition) is 5. The van der Waals surface area contributed by atoms with Crippen LogP contribution in [0.1, 0.15) is 44.2 Å². The Morgan fingerprint density at radius 3 is 2.60 bits per heavy atom. The van der Waals surface area contributed by atoms with Crippen molar-refractivity contribution >= 4 is 22.5 Å². The number of carbonyl (C=O) groups excluding carboxylic acids is 1. The van der Waals surface area contributed by atoms with Crippen LogP contribution < -0.4 is 5.32 Å². The molecule has 1 aliphatic carbocycles. The largest absolute Gasteiger partial charge is 0.325 e. The average Bonchev–Trinajstić information content (AvgIpc) is 3.10.